The van der Waals surface area contributed by atoms with Crippen molar-refractivity contribution in [3.8, 4) is 6.01 Å². The number of fused-ring (bicyclic) bond motifs is 1. The molecule has 112 valence electrons. The molecule has 22 heavy (non-hydrogen) atoms. The average Bonchev–Trinajstić information content (AvgIpc) is 2.87. The first kappa shape index (κ1) is 14.0. The number of imidazole rings is 1. The maximum Gasteiger partial charge on any atom is 0.412 e. The van der Waals surface area contributed by atoms with E-state index in [2.05, 4.69) is 14.7 Å². The van der Waals surface area contributed by atoms with Gasteiger partial charge in [0.25, 0.3) is 0 Å². The number of nitrogens with zero attached hydrogens (tertiary/aromatic N) is 1. The Morgan fingerprint density at radius 3 is 2.59 bits per heavy atom. The Hall–Kier alpha value is -2.93. The van der Waals surface area contributed by atoms with Gasteiger partial charge in [-0.25, -0.2) is 9.18 Å². The smallest absolute Gasteiger partial charge is 0.384 e. The second-order valence-corrected chi connectivity index (χ2v) is 4.69. The number of hydrogen-bond acceptors (Lipinski definition) is 4. The van der Waals surface area contributed by atoms with Gasteiger partial charge in [-0.3, -0.25) is 0 Å². The van der Waals surface area contributed by atoms with Gasteiger partial charge >= 0.3 is 12.1 Å². The van der Waals surface area contributed by atoms with Crippen LogP contribution in [0.3, 0.4) is 0 Å². The summed E-state index contributed by atoms with van der Waals surface area (Å²) in [7, 11) is 0. The Morgan fingerprint density at radius 2 is 1.91 bits per heavy atom. The lowest BCUT2D eigenvalue weighted by Crippen LogP contribution is -2.16. The molecule has 1 atom stereocenters. The van der Waals surface area contributed by atoms with E-state index in [1.807, 2.05) is 0 Å². The van der Waals surface area contributed by atoms with Crippen LogP contribution in [-0.4, -0.2) is 21.2 Å². The molecule has 3 aromatic rings. The minimum Gasteiger partial charge on any atom is -0.384 e. The van der Waals surface area contributed by atoms with Gasteiger partial charge in [0.15, 0.2) is 0 Å². The molecule has 0 bridgehead atoms. The molecular weight excluding hydrogens is 289 g/mol. The minimum atomic E-state index is -0.967. The zero-order valence-corrected chi connectivity index (χ0v) is 11.3. The number of nitrogens with two attached hydrogens (primary N) is 1. The number of primary amides is 1. The van der Waals surface area contributed by atoms with Gasteiger partial charge in [-0.05, 0) is 35.4 Å². The van der Waals surface area contributed by atoms with Crippen LogP contribution in [0.25, 0.3) is 11.0 Å². The number of rotatable bonds is 3. The molecule has 3 rings (SSSR count). The van der Waals surface area contributed by atoms with E-state index in [0.717, 1.165) is 0 Å². The highest BCUT2D eigenvalue weighted by Gasteiger charge is 2.13. The fraction of sp³-hybridized carbons (Fsp3) is 0.0667. The average molecular weight is 301 g/mol. The summed E-state index contributed by atoms with van der Waals surface area (Å²) < 4.78 is 17.6. The van der Waals surface area contributed by atoms with Crippen LogP contribution in [0.4, 0.5) is 9.18 Å². The van der Waals surface area contributed by atoms with Crippen molar-refractivity contribution in [2.24, 2.45) is 5.73 Å². The summed E-state index contributed by atoms with van der Waals surface area (Å²) in [5.74, 6) is -0.369. The van der Waals surface area contributed by atoms with Gasteiger partial charge in [-0.15, -0.1) is 0 Å². The van der Waals surface area contributed by atoms with Crippen molar-refractivity contribution in [2.75, 3.05) is 0 Å². The number of aromatic amines is 1. The molecule has 0 spiro atoms. The van der Waals surface area contributed by atoms with Crippen LogP contribution in [-0.2, 0) is 0 Å². The van der Waals surface area contributed by atoms with Gasteiger partial charge < -0.3 is 20.6 Å². The molecule has 0 aliphatic rings. The number of halogens is 1. The quantitative estimate of drug-likeness (QED) is 0.690. The lowest BCUT2D eigenvalue weighted by molar-refractivity contribution is 0.207. The first-order valence-corrected chi connectivity index (χ1v) is 6.43. The third-order valence-corrected chi connectivity index (χ3v) is 3.18. The normalized spacial score (nSPS) is 12.3. The van der Waals surface area contributed by atoms with Crippen LogP contribution in [0.1, 0.15) is 17.2 Å². The monoisotopic (exact) mass is 301 g/mol. The number of carbonyl (C=O) groups is 1. The Morgan fingerprint density at radius 1 is 1.23 bits per heavy atom. The number of H-pyrrole nitrogens is 1. The van der Waals surface area contributed by atoms with E-state index in [1.165, 1.54) is 24.3 Å². The summed E-state index contributed by atoms with van der Waals surface area (Å²) in [4.78, 5) is 17.5. The molecule has 0 saturated heterocycles. The second kappa shape index (κ2) is 5.45. The minimum absolute atomic E-state index is 0.0177. The summed E-state index contributed by atoms with van der Waals surface area (Å²) in [5.41, 5.74) is 7.20. The fourth-order valence-electron chi connectivity index (χ4n) is 2.15. The molecule has 0 radical (unpaired) electrons. The number of aliphatic hydroxyl groups is 1. The second-order valence-electron chi connectivity index (χ2n) is 4.69. The number of aliphatic hydroxyl groups excluding tert-OH is 1. The van der Waals surface area contributed by atoms with Crippen molar-refractivity contribution in [1.82, 2.24) is 9.97 Å². The largest absolute Gasteiger partial charge is 0.412 e. The molecule has 4 N–H and O–H groups in total. The molecule has 0 aliphatic carbocycles. The van der Waals surface area contributed by atoms with Crippen LogP contribution in [0.15, 0.2) is 42.5 Å². The third-order valence-electron chi connectivity index (χ3n) is 3.18. The standard InChI is InChI=1S/C15H12FN3O3/c16-10-4-1-8(2-5-10)13(20)9-3-6-11-12(7-9)19-15(18-11)22-14(17)21/h1-7,13,20H,(H2,17,21)(H,18,19). The molecule has 1 aromatic heterocycles. The number of aromatic nitrogens is 2. The van der Waals surface area contributed by atoms with Crippen molar-refractivity contribution in [2.45, 2.75) is 6.10 Å². The van der Waals surface area contributed by atoms with Crippen LogP contribution < -0.4 is 10.5 Å². The van der Waals surface area contributed by atoms with Crippen molar-refractivity contribution in [3.05, 3.63) is 59.4 Å². The molecule has 2 aromatic carbocycles. The Balaban J connectivity index is 1.93. The van der Waals surface area contributed by atoms with Crippen molar-refractivity contribution < 1.29 is 19.0 Å². The maximum atomic E-state index is 12.9. The molecular formula is C15H12FN3O3. The summed E-state index contributed by atoms with van der Waals surface area (Å²) in [5, 5.41) is 10.3. The topological polar surface area (TPSA) is 101 Å². The van der Waals surface area contributed by atoms with Crippen LogP contribution >= 0.6 is 0 Å². The molecule has 1 unspecified atom stereocenters. The number of amides is 1. The first-order valence-electron chi connectivity index (χ1n) is 6.43. The third kappa shape index (κ3) is 2.75. The van der Waals surface area contributed by atoms with E-state index in [-0.39, 0.29) is 11.8 Å². The number of ether oxygens (including phenoxy) is 1. The number of benzene rings is 2. The van der Waals surface area contributed by atoms with Crippen LogP contribution in [0, 0.1) is 5.82 Å². The van der Waals surface area contributed by atoms with Gasteiger partial charge in [-0.1, -0.05) is 18.2 Å². The van der Waals surface area contributed by atoms with E-state index in [0.29, 0.717) is 22.2 Å². The van der Waals surface area contributed by atoms with Crippen LogP contribution in [0.5, 0.6) is 6.01 Å². The van der Waals surface area contributed by atoms with Crippen molar-refractivity contribution >= 4 is 17.1 Å². The highest BCUT2D eigenvalue weighted by Crippen LogP contribution is 2.25. The Labute approximate surface area is 124 Å². The van der Waals surface area contributed by atoms with E-state index in [9.17, 15) is 14.3 Å². The molecule has 6 nitrogen and oxygen atoms in total. The SMILES string of the molecule is NC(=O)Oc1nc2cc(C(O)c3ccc(F)cc3)ccc2[nH]1. The maximum absolute atomic E-state index is 12.9. The molecule has 1 heterocycles. The summed E-state index contributed by atoms with van der Waals surface area (Å²) in [6.45, 7) is 0. The molecule has 0 fully saturated rings. The highest BCUT2D eigenvalue weighted by molar-refractivity contribution is 5.78. The van der Waals surface area contributed by atoms with E-state index in [4.69, 9.17) is 5.73 Å². The fourth-order valence-corrected chi connectivity index (χ4v) is 2.15. The van der Waals surface area contributed by atoms with E-state index in [1.54, 1.807) is 18.2 Å². The molecule has 7 heteroatoms. The zero-order valence-electron chi connectivity index (χ0n) is 11.3. The number of carbonyl (C=O) groups excluding carboxylic acids is 1. The summed E-state index contributed by atoms with van der Waals surface area (Å²) in [6.07, 6.45) is -1.88. The van der Waals surface area contributed by atoms with E-state index < -0.39 is 12.2 Å². The van der Waals surface area contributed by atoms with Gasteiger partial charge in [0.2, 0.25) is 0 Å². The number of hydrogen-bond donors (Lipinski definition) is 3. The lowest BCUT2D eigenvalue weighted by atomic mass is 10.0. The summed E-state index contributed by atoms with van der Waals surface area (Å²) in [6, 6.07) is 10.6. The lowest BCUT2D eigenvalue weighted by Gasteiger charge is -2.11. The van der Waals surface area contributed by atoms with Crippen LogP contribution in [0.2, 0.25) is 0 Å². The molecule has 0 saturated carbocycles. The number of nitrogens with one attached hydrogen (secondary N) is 1. The highest BCUT2D eigenvalue weighted by atomic mass is 19.1. The predicted molar refractivity (Wildman–Crippen MR) is 76.8 cm³/mol. The Bertz CT molecular complexity index is 830. The molecule has 1 amide bonds. The van der Waals surface area contributed by atoms with Crippen molar-refractivity contribution in [3.63, 3.8) is 0 Å². The Kier molecular flexibility index (Phi) is 3.48. The van der Waals surface area contributed by atoms with Gasteiger partial charge in [0.1, 0.15) is 11.9 Å². The zero-order chi connectivity index (χ0) is 15.7. The predicted octanol–water partition coefficient (Wildman–Crippen LogP) is 2.24. The van der Waals surface area contributed by atoms with Gasteiger partial charge in [0.05, 0.1) is 11.0 Å². The van der Waals surface area contributed by atoms with Gasteiger partial charge in [-0.2, -0.15) is 4.98 Å². The summed E-state index contributed by atoms with van der Waals surface area (Å²) >= 11 is 0. The first-order chi connectivity index (χ1) is 10.5. The van der Waals surface area contributed by atoms with Crippen molar-refractivity contribution in [1.29, 1.82) is 0 Å². The molecule has 0 aliphatic heterocycles. The van der Waals surface area contributed by atoms with Gasteiger partial charge in [0, 0.05) is 0 Å². The van der Waals surface area contributed by atoms with E-state index >= 15 is 0 Å².